The van der Waals surface area contributed by atoms with E-state index in [2.05, 4.69) is 6.07 Å². The summed E-state index contributed by atoms with van der Waals surface area (Å²) in [7, 11) is 1.57. The maximum absolute atomic E-state index is 12.3. The molecular weight excluding hydrogens is 282 g/mol. The third kappa shape index (κ3) is 3.43. The Morgan fingerprint density at radius 2 is 2.00 bits per heavy atom. The minimum absolute atomic E-state index is 0.0645. The van der Waals surface area contributed by atoms with Crippen LogP contribution in [0.25, 0.3) is 0 Å². The van der Waals surface area contributed by atoms with Crippen molar-refractivity contribution in [3.63, 3.8) is 0 Å². The molecule has 1 heterocycles. The first kappa shape index (κ1) is 16.0. The summed E-state index contributed by atoms with van der Waals surface area (Å²) in [5.74, 6) is -0.141. The lowest BCUT2D eigenvalue weighted by Crippen LogP contribution is -2.58. The van der Waals surface area contributed by atoms with E-state index < -0.39 is 6.04 Å². The molecule has 0 N–H and O–H groups in total. The van der Waals surface area contributed by atoms with Crippen LogP contribution in [0.1, 0.15) is 18.1 Å². The molecule has 1 aliphatic rings. The van der Waals surface area contributed by atoms with Gasteiger partial charge in [-0.2, -0.15) is 5.26 Å². The zero-order chi connectivity index (χ0) is 16.1. The Balaban J connectivity index is 2.06. The van der Waals surface area contributed by atoms with E-state index in [4.69, 9.17) is 10.00 Å². The second kappa shape index (κ2) is 7.05. The van der Waals surface area contributed by atoms with E-state index in [1.54, 1.807) is 43.2 Å². The summed E-state index contributed by atoms with van der Waals surface area (Å²) in [6.07, 6.45) is 0. The van der Waals surface area contributed by atoms with Crippen molar-refractivity contribution in [3.8, 4) is 6.07 Å². The number of nitriles is 1. The summed E-state index contributed by atoms with van der Waals surface area (Å²) in [4.78, 5) is 27.7. The van der Waals surface area contributed by atoms with Crippen LogP contribution >= 0.6 is 0 Å². The highest BCUT2D eigenvalue weighted by atomic mass is 16.5. The molecule has 1 aliphatic heterocycles. The average molecular weight is 301 g/mol. The number of ether oxygens (including phenoxy) is 1. The van der Waals surface area contributed by atoms with E-state index in [1.807, 2.05) is 0 Å². The first-order chi connectivity index (χ1) is 10.6. The number of carbonyl (C=O) groups is 2. The minimum atomic E-state index is -0.492. The van der Waals surface area contributed by atoms with Crippen LogP contribution in [0.2, 0.25) is 0 Å². The van der Waals surface area contributed by atoms with Gasteiger partial charge in [0.1, 0.15) is 6.04 Å². The largest absolute Gasteiger partial charge is 0.383 e. The van der Waals surface area contributed by atoms with E-state index in [9.17, 15) is 9.59 Å². The second-order valence-corrected chi connectivity index (χ2v) is 5.26. The highest BCUT2D eigenvalue weighted by molar-refractivity contribution is 5.94. The van der Waals surface area contributed by atoms with Crippen LogP contribution in [-0.4, -0.2) is 54.5 Å². The zero-order valence-corrected chi connectivity index (χ0v) is 12.8. The van der Waals surface area contributed by atoms with E-state index >= 15 is 0 Å². The van der Waals surface area contributed by atoms with Crippen LogP contribution in [0.15, 0.2) is 24.3 Å². The van der Waals surface area contributed by atoms with Gasteiger partial charge in [0.05, 0.1) is 24.8 Å². The lowest BCUT2D eigenvalue weighted by Gasteiger charge is -2.38. The Labute approximate surface area is 129 Å². The van der Waals surface area contributed by atoms with Crippen molar-refractivity contribution in [2.45, 2.75) is 19.5 Å². The van der Waals surface area contributed by atoms with Crippen molar-refractivity contribution < 1.29 is 14.3 Å². The molecule has 0 bridgehead atoms. The van der Waals surface area contributed by atoms with Gasteiger partial charge in [0.2, 0.25) is 11.8 Å². The number of piperazine rings is 1. The maximum atomic E-state index is 12.3. The lowest BCUT2D eigenvalue weighted by molar-refractivity contribution is -0.156. The van der Waals surface area contributed by atoms with E-state index in [-0.39, 0.29) is 18.4 Å². The standard InChI is InChI=1S/C16H19N3O3/c1-12-16(21)18(7-8-22-2)11-15(20)19(12)10-14-5-3-13(9-17)4-6-14/h3-6,12H,7-8,10-11H2,1-2H3/t12-/m0/s1. The minimum Gasteiger partial charge on any atom is -0.383 e. The van der Waals surface area contributed by atoms with Crippen molar-refractivity contribution in [1.29, 1.82) is 5.26 Å². The molecule has 0 aliphatic carbocycles. The Bertz CT molecular complexity index is 592. The molecule has 1 aromatic rings. The van der Waals surface area contributed by atoms with Gasteiger partial charge in [0.15, 0.2) is 0 Å². The number of methoxy groups -OCH3 is 1. The SMILES string of the molecule is COCCN1CC(=O)N(Cc2ccc(C#N)cc2)[C@@H](C)C1=O. The predicted molar refractivity (Wildman–Crippen MR) is 79.6 cm³/mol. The molecule has 2 amide bonds. The van der Waals surface area contributed by atoms with Crippen LogP contribution in [0.3, 0.4) is 0 Å². The van der Waals surface area contributed by atoms with E-state index in [1.165, 1.54) is 4.90 Å². The van der Waals surface area contributed by atoms with Gasteiger partial charge in [-0.25, -0.2) is 0 Å². The van der Waals surface area contributed by atoms with Crippen molar-refractivity contribution >= 4 is 11.8 Å². The van der Waals surface area contributed by atoms with Gasteiger partial charge in [-0.3, -0.25) is 9.59 Å². The van der Waals surface area contributed by atoms with Gasteiger partial charge < -0.3 is 14.5 Å². The Hall–Kier alpha value is -2.39. The summed E-state index contributed by atoms with van der Waals surface area (Å²) in [6.45, 7) is 3.04. The fourth-order valence-electron chi connectivity index (χ4n) is 2.44. The molecule has 6 nitrogen and oxygen atoms in total. The molecule has 0 saturated carbocycles. The fourth-order valence-corrected chi connectivity index (χ4v) is 2.44. The van der Waals surface area contributed by atoms with Crippen LogP contribution in [0.5, 0.6) is 0 Å². The van der Waals surface area contributed by atoms with E-state index in [0.717, 1.165) is 5.56 Å². The molecule has 1 fully saturated rings. The Kier molecular flexibility index (Phi) is 5.12. The summed E-state index contributed by atoms with van der Waals surface area (Å²) >= 11 is 0. The fraction of sp³-hybridized carbons (Fsp3) is 0.438. The summed E-state index contributed by atoms with van der Waals surface area (Å²) in [5.41, 5.74) is 1.47. The third-order valence-corrected chi connectivity index (χ3v) is 3.78. The Morgan fingerprint density at radius 3 is 2.59 bits per heavy atom. The number of nitrogens with zero attached hydrogens (tertiary/aromatic N) is 3. The van der Waals surface area contributed by atoms with Crippen LogP contribution in [-0.2, 0) is 20.9 Å². The Morgan fingerprint density at radius 1 is 1.32 bits per heavy atom. The molecule has 1 aromatic carbocycles. The molecule has 0 aromatic heterocycles. The maximum Gasteiger partial charge on any atom is 0.245 e. The second-order valence-electron chi connectivity index (χ2n) is 5.26. The number of hydrogen-bond acceptors (Lipinski definition) is 4. The monoisotopic (exact) mass is 301 g/mol. The summed E-state index contributed by atoms with van der Waals surface area (Å²) in [6, 6.07) is 8.59. The molecule has 1 saturated heterocycles. The highest BCUT2D eigenvalue weighted by Crippen LogP contribution is 2.16. The number of amides is 2. The predicted octanol–water partition coefficient (Wildman–Crippen LogP) is 0.764. The summed E-state index contributed by atoms with van der Waals surface area (Å²) in [5, 5.41) is 8.79. The van der Waals surface area contributed by atoms with Crippen molar-refractivity contribution in [1.82, 2.24) is 9.80 Å². The first-order valence-electron chi connectivity index (χ1n) is 7.13. The number of carbonyl (C=O) groups excluding carboxylic acids is 2. The first-order valence-corrected chi connectivity index (χ1v) is 7.13. The molecule has 22 heavy (non-hydrogen) atoms. The van der Waals surface area contributed by atoms with Crippen LogP contribution in [0, 0.1) is 11.3 Å². The third-order valence-electron chi connectivity index (χ3n) is 3.78. The quantitative estimate of drug-likeness (QED) is 0.805. The van der Waals surface area contributed by atoms with Crippen molar-refractivity contribution in [2.75, 3.05) is 26.8 Å². The highest BCUT2D eigenvalue weighted by Gasteiger charge is 2.36. The van der Waals surface area contributed by atoms with Crippen LogP contribution in [0.4, 0.5) is 0 Å². The number of rotatable bonds is 5. The van der Waals surface area contributed by atoms with Gasteiger partial charge in [-0.1, -0.05) is 12.1 Å². The zero-order valence-electron chi connectivity index (χ0n) is 12.8. The molecule has 0 unspecified atom stereocenters. The number of hydrogen-bond donors (Lipinski definition) is 0. The van der Waals surface area contributed by atoms with Gasteiger partial charge in [0.25, 0.3) is 0 Å². The smallest absolute Gasteiger partial charge is 0.245 e. The van der Waals surface area contributed by atoms with Crippen molar-refractivity contribution in [2.24, 2.45) is 0 Å². The molecule has 1 atom stereocenters. The average Bonchev–Trinajstić information content (AvgIpc) is 2.54. The van der Waals surface area contributed by atoms with E-state index in [0.29, 0.717) is 25.3 Å². The lowest BCUT2D eigenvalue weighted by atomic mass is 10.1. The molecular formula is C16H19N3O3. The molecule has 2 rings (SSSR count). The molecule has 0 radical (unpaired) electrons. The molecule has 116 valence electrons. The van der Waals surface area contributed by atoms with Gasteiger partial charge in [-0.15, -0.1) is 0 Å². The van der Waals surface area contributed by atoms with Gasteiger partial charge >= 0.3 is 0 Å². The normalized spacial score (nSPS) is 18.5. The van der Waals surface area contributed by atoms with Gasteiger partial charge in [0, 0.05) is 20.2 Å². The molecule has 0 spiro atoms. The van der Waals surface area contributed by atoms with Crippen molar-refractivity contribution in [3.05, 3.63) is 35.4 Å². The van der Waals surface area contributed by atoms with Gasteiger partial charge in [-0.05, 0) is 24.6 Å². The topological polar surface area (TPSA) is 73.6 Å². The van der Waals surface area contributed by atoms with Crippen LogP contribution < -0.4 is 0 Å². The summed E-state index contributed by atoms with van der Waals surface area (Å²) < 4.78 is 4.96. The molecule has 6 heteroatoms. The number of benzene rings is 1.